The molecule has 0 heterocycles. The molecule has 7 nitrogen and oxygen atoms in total. The van der Waals surface area contributed by atoms with E-state index in [1.165, 1.54) is 12.1 Å². The van der Waals surface area contributed by atoms with Crippen LogP contribution in [-0.4, -0.2) is 60.1 Å². The van der Waals surface area contributed by atoms with Crippen LogP contribution in [0.3, 0.4) is 0 Å². The van der Waals surface area contributed by atoms with Gasteiger partial charge >= 0.3 is 29.6 Å². The number of rotatable bonds is 3. The van der Waals surface area contributed by atoms with Crippen molar-refractivity contribution in [1.82, 2.24) is 0 Å². The molecule has 1 saturated carbocycles. The minimum atomic E-state index is -4.71. The molecule has 2 atom stereocenters. The summed E-state index contributed by atoms with van der Waals surface area (Å²) in [4.78, 5) is 26.0. The van der Waals surface area contributed by atoms with Gasteiger partial charge in [0.2, 0.25) is 0 Å². The second-order valence-electron chi connectivity index (χ2n) is 9.52. The first-order chi connectivity index (χ1) is 14.4. The number of anilines is 2. The molecular weight excluding hydrogens is 439 g/mol. The Balaban J connectivity index is 0.00000289. The second kappa shape index (κ2) is 8.57. The molecule has 0 spiro atoms. The summed E-state index contributed by atoms with van der Waals surface area (Å²) < 4.78 is 33.8. The van der Waals surface area contributed by atoms with Crippen molar-refractivity contribution < 1.29 is 22.6 Å². The molecule has 2 aromatic rings. The molecule has 2 aromatic carbocycles. The molecular formula is C23H27N2NaO5S. The third-order valence-electron chi connectivity index (χ3n) is 6.22. The van der Waals surface area contributed by atoms with E-state index in [1.807, 2.05) is 0 Å². The number of ketones is 2. The average molecular weight is 467 g/mol. The summed E-state index contributed by atoms with van der Waals surface area (Å²) in [5.74, 6) is -0.497. The van der Waals surface area contributed by atoms with E-state index in [2.05, 4.69) is 26.1 Å². The summed E-state index contributed by atoms with van der Waals surface area (Å²) in [6, 6.07) is 7.53. The Morgan fingerprint density at radius 3 is 2.16 bits per heavy atom. The maximum absolute atomic E-state index is 13.4. The summed E-state index contributed by atoms with van der Waals surface area (Å²) in [6.45, 7) is 6.50. The SMILES string of the molecule is CC1CC(Nc2cc(S(=O)(=O)O)c(N)c3c2C(=O)c2ccccc2C3=O)CC(C)(C)C1.[NaH]. The van der Waals surface area contributed by atoms with Crippen LogP contribution in [-0.2, 0) is 10.1 Å². The van der Waals surface area contributed by atoms with Gasteiger partial charge < -0.3 is 11.1 Å². The third kappa shape index (κ3) is 4.39. The number of hydrogen-bond donors (Lipinski definition) is 3. The maximum atomic E-state index is 13.4. The number of carbonyl (C=O) groups is 2. The Kier molecular flexibility index (Phi) is 6.68. The first kappa shape index (κ1) is 24.9. The molecule has 0 amide bonds. The summed E-state index contributed by atoms with van der Waals surface area (Å²) in [7, 11) is -4.71. The van der Waals surface area contributed by atoms with Crippen molar-refractivity contribution in [3.8, 4) is 0 Å². The summed E-state index contributed by atoms with van der Waals surface area (Å²) in [6.07, 6.45) is 2.71. The first-order valence-electron chi connectivity index (χ1n) is 10.3. The van der Waals surface area contributed by atoms with Gasteiger partial charge in [-0.15, -0.1) is 0 Å². The second-order valence-corrected chi connectivity index (χ2v) is 10.9. The van der Waals surface area contributed by atoms with Crippen LogP contribution in [0.2, 0.25) is 0 Å². The number of fused-ring (bicyclic) bond motifs is 2. The third-order valence-corrected chi connectivity index (χ3v) is 7.12. The minimum absolute atomic E-state index is 0. The van der Waals surface area contributed by atoms with E-state index < -0.39 is 32.3 Å². The summed E-state index contributed by atoms with van der Waals surface area (Å²) in [5, 5.41) is 3.31. The Morgan fingerprint density at radius 1 is 1.06 bits per heavy atom. The van der Waals surface area contributed by atoms with Gasteiger partial charge in [0.15, 0.2) is 11.6 Å². The Bertz CT molecular complexity index is 1220. The van der Waals surface area contributed by atoms with Crippen molar-refractivity contribution in [3.63, 3.8) is 0 Å². The van der Waals surface area contributed by atoms with Crippen LogP contribution < -0.4 is 11.1 Å². The van der Waals surface area contributed by atoms with E-state index in [0.29, 0.717) is 5.92 Å². The summed E-state index contributed by atoms with van der Waals surface area (Å²) in [5.41, 5.74) is 6.19. The molecule has 9 heteroatoms. The molecule has 0 aromatic heterocycles. The van der Waals surface area contributed by atoms with Gasteiger partial charge in [-0.3, -0.25) is 14.1 Å². The van der Waals surface area contributed by atoms with E-state index >= 15 is 0 Å². The Morgan fingerprint density at radius 2 is 1.62 bits per heavy atom. The van der Waals surface area contributed by atoms with Crippen molar-refractivity contribution in [2.45, 2.75) is 51.0 Å². The molecule has 166 valence electrons. The molecule has 1 fully saturated rings. The fourth-order valence-corrected chi connectivity index (χ4v) is 5.94. The zero-order valence-corrected chi connectivity index (χ0v) is 18.5. The van der Waals surface area contributed by atoms with Crippen LogP contribution in [0.1, 0.15) is 71.9 Å². The van der Waals surface area contributed by atoms with Gasteiger partial charge in [0, 0.05) is 22.9 Å². The normalized spacial score (nSPS) is 21.9. The van der Waals surface area contributed by atoms with Crippen molar-refractivity contribution in [1.29, 1.82) is 0 Å². The summed E-state index contributed by atoms with van der Waals surface area (Å²) >= 11 is 0. The Hall–Kier alpha value is -1.71. The van der Waals surface area contributed by atoms with Crippen LogP contribution in [0.25, 0.3) is 0 Å². The van der Waals surface area contributed by atoms with Gasteiger partial charge in [-0.25, -0.2) is 0 Å². The number of nitrogens with one attached hydrogen (secondary N) is 1. The molecule has 2 unspecified atom stereocenters. The average Bonchev–Trinajstić information content (AvgIpc) is 2.64. The van der Waals surface area contributed by atoms with Gasteiger partial charge in [-0.05, 0) is 36.7 Å². The van der Waals surface area contributed by atoms with Crippen LogP contribution in [0.4, 0.5) is 11.4 Å². The monoisotopic (exact) mass is 466 g/mol. The number of hydrogen-bond acceptors (Lipinski definition) is 6. The zero-order valence-electron chi connectivity index (χ0n) is 17.7. The molecule has 0 bridgehead atoms. The van der Waals surface area contributed by atoms with Crippen LogP contribution in [0, 0.1) is 11.3 Å². The van der Waals surface area contributed by atoms with Crippen molar-refractivity contribution >= 4 is 62.6 Å². The van der Waals surface area contributed by atoms with Crippen molar-refractivity contribution in [3.05, 3.63) is 52.6 Å². The van der Waals surface area contributed by atoms with Crippen LogP contribution in [0.15, 0.2) is 35.2 Å². The van der Waals surface area contributed by atoms with E-state index in [4.69, 9.17) is 5.73 Å². The molecule has 2 aliphatic carbocycles. The molecule has 4 rings (SSSR count). The van der Waals surface area contributed by atoms with Gasteiger partial charge in [-0.2, -0.15) is 8.42 Å². The standard InChI is InChI=1S/C23H26N2O5S.Na.H/c1-12-8-13(11-23(2,3)10-12)25-16-9-17(31(28,29)30)20(24)19-18(16)21(26)14-6-4-5-7-15(14)22(19)27;;/h4-7,9,12-13,25H,8,10-11,24H2,1-3H3,(H,28,29,30);;. The van der Waals surface area contributed by atoms with Gasteiger partial charge in [0.05, 0.1) is 16.8 Å². The first-order valence-corrected chi connectivity index (χ1v) is 11.7. The molecule has 0 radical (unpaired) electrons. The number of carbonyl (C=O) groups excluding carboxylic acids is 2. The van der Waals surface area contributed by atoms with Crippen LogP contribution >= 0.6 is 0 Å². The molecule has 32 heavy (non-hydrogen) atoms. The molecule has 0 saturated heterocycles. The van der Waals surface area contributed by atoms with Crippen molar-refractivity contribution in [2.75, 3.05) is 11.1 Å². The fraction of sp³-hybridized carbons (Fsp3) is 0.391. The van der Waals surface area contributed by atoms with Gasteiger partial charge in [0.25, 0.3) is 10.1 Å². The van der Waals surface area contributed by atoms with Gasteiger partial charge in [-0.1, -0.05) is 45.0 Å². The van der Waals surface area contributed by atoms with Crippen molar-refractivity contribution in [2.24, 2.45) is 11.3 Å². The molecule has 0 aliphatic heterocycles. The Labute approximate surface area is 210 Å². The predicted octanol–water partition coefficient (Wildman–Crippen LogP) is 3.27. The fourth-order valence-electron chi connectivity index (χ4n) is 5.30. The van der Waals surface area contributed by atoms with E-state index in [1.54, 1.807) is 18.2 Å². The molecule has 4 N–H and O–H groups in total. The van der Waals surface area contributed by atoms with E-state index in [9.17, 15) is 22.6 Å². The van der Waals surface area contributed by atoms with E-state index in [-0.39, 0.29) is 69.0 Å². The number of nitrogen functional groups attached to an aromatic ring is 1. The predicted molar refractivity (Wildman–Crippen MR) is 125 cm³/mol. The van der Waals surface area contributed by atoms with E-state index in [0.717, 1.165) is 19.3 Å². The molecule has 2 aliphatic rings. The topological polar surface area (TPSA) is 127 Å². The quantitative estimate of drug-likeness (QED) is 0.307. The number of benzene rings is 2. The zero-order chi connectivity index (χ0) is 22.7. The van der Waals surface area contributed by atoms with Gasteiger partial charge in [0.1, 0.15) is 4.90 Å². The van der Waals surface area contributed by atoms with Crippen LogP contribution in [0.5, 0.6) is 0 Å². The number of nitrogens with two attached hydrogens (primary N) is 1.